The fourth-order valence-electron chi connectivity index (χ4n) is 3.29. The van der Waals surface area contributed by atoms with E-state index in [9.17, 15) is 9.59 Å². The molecular formula is C21H19ClN4O2. The van der Waals surface area contributed by atoms with Gasteiger partial charge in [-0.3, -0.25) is 9.59 Å². The van der Waals surface area contributed by atoms with E-state index in [0.717, 1.165) is 17.5 Å². The number of aromatic nitrogens is 2. The van der Waals surface area contributed by atoms with Gasteiger partial charge < -0.3 is 10.6 Å². The number of hydrogen-bond acceptors (Lipinski definition) is 3. The lowest BCUT2D eigenvalue weighted by Gasteiger charge is -2.10. The van der Waals surface area contributed by atoms with Gasteiger partial charge in [0, 0.05) is 16.3 Å². The summed E-state index contributed by atoms with van der Waals surface area (Å²) < 4.78 is 1.57. The van der Waals surface area contributed by atoms with Crippen LogP contribution in [0.15, 0.2) is 54.7 Å². The number of halogens is 1. The Morgan fingerprint density at radius 1 is 1.25 bits per heavy atom. The van der Waals surface area contributed by atoms with E-state index >= 15 is 0 Å². The number of hydrogen-bond donors (Lipinski definition) is 2. The van der Waals surface area contributed by atoms with Crippen molar-refractivity contribution in [2.45, 2.75) is 25.8 Å². The van der Waals surface area contributed by atoms with Gasteiger partial charge in [-0.1, -0.05) is 42.8 Å². The van der Waals surface area contributed by atoms with Gasteiger partial charge in [-0.25, -0.2) is 4.68 Å². The monoisotopic (exact) mass is 394 g/mol. The molecule has 1 unspecified atom stereocenters. The summed E-state index contributed by atoms with van der Waals surface area (Å²) in [5.74, 6) is 0.0947. The number of aryl methyl sites for hydroxylation is 1. The summed E-state index contributed by atoms with van der Waals surface area (Å²) in [5.41, 5.74) is 3.54. The molecule has 0 aliphatic carbocycles. The second-order valence-electron chi connectivity index (χ2n) is 6.67. The Balaban J connectivity index is 1.51. The van der Waals surface area contributed by atoms with Crippen LogP contribution in [0, 0.1) is 0 Å². The molecule has 3 aromatic rings. The van der Waals surface area contributed by atoms with E-state index in [0.29, 0.717) is 16.5 Å². The summed E-state index contributed by atoms with van der Waals surface area (Å²) in [6, 6.07) is 14.3. The summed E-state index contributed by atoms with van der Waals surface area (Å²) in [4.78, 5) is 24.9. The minimum Gasteiger partial charge on any atom is -0.326 e. The molecule has 0 spiro atoms. The average Bonchev–Trinajstić information content (AvgIpc) is 3.22. The molecule has 28 heavy (non-hydrogen) atoms. The molecule has 1 atom stereocenters. The number of carbonyl (C=O) groups excluding carboxylic acids is 2. The Kier molecular flexibility index (Phi) is 4.88. The Morgan fingerprint density at radius 2 is 2.04 bits per heavy atom. The zero-order chi connectivity index (χ0) is 19.7. The first-order chi connectivity index (χ1) is 13.5. The van der Waals surface area contributed by atoms with Crippen LogP contribution in [0.1, 0.15) is 24.9 Å². The second-order valence-corrected chi connectivity index (χ2v) is 7.11. The lowest BCUT2D eigenvalue weighted by molar-refractivity contribution is -0.123. The summed E-state index contributed by atoms with van der Waals surface area (Å²) in [6.07, 6.45) is 2.62. The molecule has 2 aromatic carbocycles. The molecule has 6 nitrogen and oxygen atoms in total. The van der Waals surface area contributed by atoms with E-state index < -0.39 is 6.04 Å². The fourth-order valence-corrected chi connectivity index (χ4v) is 3.48. The van der Waals surface area contributed by atoms with Crippen LogP contribution in [0.25, 0.3) is 11.1 Å². The van der Waals surface area contributed by atoms with E-state index in [1.54, 1.807) is 16.9 Å². The highest BCUT2D eigenvalue weighted by atomic mass is 35.5. The molecule has 2 N–H and O–H groups in total. The van der Waals surface area contributed by atoms with E-state index in [2.05, 4.69) is 22.7 Å². The van der Waals surface area contributed by atoms with Crippen LogP contribution in [0.3, 0.4) is 0 Å². The number of anilines is 2. The van der Waals surface area contributed by atoms with Crippen LogP contribution in [-0.2, 0) is 16.0 Å². The van der Waals surface area contributed by atoms with Gasteiger partial charge in [-0.05, 0) is 41.8 Å². The molecule has 2 heterocycles. The summed E-state index contributed by atoms with van der Waals surface area (Å²) in [5, 5.41) is 10.6. The minimum atomic E-state index is -0.683. The Hall–Kier alpha value is -3.12. The molecule has 0 saturated heterocycles. The first-order valence-corrected chi connectivity index (χ1v) is 9.46. The normalized spacial score (nSPS) is 15.2. The standard InChI is InChI=1S/C21H19ClN4O2/c1-2-13-6-8-16(9-7-13)24-19(27)11-18-21(28)25-20-17(12-23-26(18)20)14-4-3-5-15(22)10-14/h3-10,12,18H,2,11H2,1H3,(H,24,27)(H,25,28). The first-order valence-electron chi connectivity index (χ1n) is 9.08. The Morgan fingerprint density at radius 3 is 2.75 bits per heavy atom. The molecule has 142 valence electrons. The third-order valence-electron chi connectivity index (χ3n) is 4.80. The van der Waals surface area contributed by atoms with E-state index in [-0.39, 0.29) is 18.2 Å². The van der Waals surface area contributed by atoms with Gasteiger partial charge in [0.05, 0.1) is 12.6 Å². The van der Waals surface area contributed by atoms with Crippen molar-refractivity contribution in [1.82, 2.24) is 9.78 Å². The predicted molar refractivity (Wildman–Crippen MR) is 109 cm³/mol. The van der Waals surface area contributed by atoms with Gasteiger partial charge in [0.15, 0.2) is 0 Å². The van der Waals surface area contributed by atoms with Crippen molar-refractivity contribution in [3.63, 3.8) is 0 Å². The van der Waals surface area contributed by atoms with Gasteiger partial charge in [0.25, 0.3) is 5.91 Å². The first kappa shape index (κ1) is 18.3. The number of amides is 2. The van der Waals surface area contributed by atoms with Gasteiger partial charge >= 0.3 is 0 Å². The van der Waals surface area contributed by atoms with Crippen molar-refractivity contribution >= 4 is 34.9 Å². The summed E-state index contributed by atoms with van der Waals surface area (Å²) in [7, 11) is 0. The molecule has 0 fully saturated rings. The van der Waals surface area contributed by atoms with Crippen molar-refractivity contribution in [1.29, 1.82) is 0 Å². The van der Waals surface area contributed by atoms with Crippen molar-refractivity contribution in [3.8, 4) is 11.1 Å². The highest BCUT2D eigenvalue weighted by Gasteiger charge is 2.35. The van der Waals surface area contributed by atoms with E-state index in [1.807, 2.05) is 42.5 Å². The topological polar surface area (TPSA) is 76.0 Å². The largest absolute Gasteiger partial charge is 0.326 e. The molecule has 2 amide bonds. The van der Waals surface area contributed by atoms with Crippen LogP contribution in [0.4, 0.5) is 11.5 Å². The van der Waals surface area contributed by atoms with Gasteiger partial charge in [-0.15, -0.1) is 0 Å². The van der Waals surface area contributed by atoms with Gasteiger partial charge in [-0.2, -0.15) is 5.10 Å². The van der Waals surface area contributed by atoms with Crippen LogP contribution in [0.5, 0.6) is 0 Å². The summed E-state index contributed by atoms with van der Waals surface area (Å²) in [6.45, 7) is 2.08. The third-order valence-corrected chi connectivity index (χ3v) is 5.03. The SMILES string of the molecule is CCc1ccc(NC(=O)CC2C(=O)Nc3c(-c4cccc(Cl)c4)cnn32)cc1. The minimum absolute atomic E-state index is 0.00499. The lowest BCUT2D eigenvalue weighted by Crippen LogP contribution is -2.23. The summed E-state index contributed by atoms with van der Waals surface area (Å²) >= 11 is 6.07. The van der Waals surface area contributed by atoms with Gasteiger partial charge in [0.1, 0.15) is 11.9 Å². The van der Waals surface area contributed by atoms with Crippen LogP contribution < -0.4 is 10.6 Å². The van der Waals surface area contributed by atoms with Crippen molar-refractivity contribution in [3.05, 3.63) is 65.3 Å². The Labute approximate surface area is 167 Å². The number of fused-ring (bicyclic) bond motifs is 1. The zero-order valence-electron chi connectivity index (χ0n) is 15.3. The highest BCUT2D eigenvalue weighted by Crippen LogP contribution is 2.36. The maximum absolute atomic E-state index is 12.5. The quantitative estimate of drug-likeness (QED) is 0.677. The average molecular weight is 395 g/mol. The van der Waals surface area contributed by atoms with Gasteiger partial charge in [0.2, 0.25) is 5.91 Å². The fraction of sp³-hybridized carbons (Fsp3) is 0.190. The molecule has 4 rings (SSSR count). The molecule has 0 bridgehead atoms. The predicted octanol–water partition coefficient (Wildman–Crippen LogP) is 4.29. The van der Waals surface area contributed by atoms with Crippen LogP contribution in [0.2, 0.25) is 5.02 Å². The van der Waals surface area contributed by atoms with Crippen LogP contribution >= 0.6 is 11.6 Å². The molecule has 7 heteroatoms. The van der Waals surface area contributed by atoms with Crippen molar-refractivity contribution in [2.24, 2.45) is 0 Å². The number of benzene rings is 2. The second kappa shape index (κ2) is 7.48. The van der Waals surface area contributed by atoms with E-state index in [4.69, 9.17) is 11.6 Å². The Bertz CT molecular complexity index is 1040. The molecule has 1 aliphatic rings. The third kappa shape index (κ3) is 3.51. The number of carbonyl (C=O) groups is 2. The maximum Gasteiger partial charge on any atom is 0.251 e. The molecule has 1 aromatic heterocycles. The molecule has 0 radical (unpaired) electrons. The van der Waals surface area contributed by atoms with Crippen molar-refractivity contribution < 1.29 is 9.59 Å². The number of nitrogens with zero attached hydrogens (tertiary/aromatic N) is 2. The lowest BCUT2D eigenvalue weighted by atomic mass is 10.1. The van der Waals surface area contributed by atoms with Crippen molar-refractivity contribution in [2.75, 3.05) is 10.6 Å². The molecule has 0 saturated carbocycles. The molecule has 1 aliphatic heterocycles. The molecular weight excluding hydrogens is 376 g/mol. The highest BCUT2D eigenvalue weighted by molar-refractivity contribution is 6.30. The maximum atomic E-state index is 12.5. The zero-order valence-corrected chi connectivity index (χ0v) is 16.0. The van der Waals surface area contributed by atoms with E-state index in [1.165, 1.54) is 5.56 Å². The smallest absolute Gasteiger partial charge is 0.251 e. The van der Waals surface area contributed by atoms with Crippen LogP contribution in [-0.4, -0.2) is 21.6 Å². The number of nitrogens with one attached hydrogen (secondary N) is 2. The number of rotatable bonds is 5.